The summed E-state index contributed by atoms with van der Waals surface area (Å²) in [6.07, 6.45) is 0.528. The van der Waals surface area contributed by atoms with Crippen molar-refractivity contribution in [1.82, 2.24) is 5.32 Å². The van der Waals surface area contributed by atoms with Gasteiger partial charge in [-0.3, -0.25) is 4.79 Å². The summed E-state index contributed by atoms with van der Waals surface area (Å²) < 4.78 is 0. The average molecular weight is 161 g/mol. The Balaban J connectivity index is 2.47. The summed E-state index contributed by atoms with van der Waals surface area (Å²) in [5.74, 6) is 0.126. The molecule has 12 heavy (non-hydrogen) atoms. The summed E-state index contributed by atoms with van der Waals surface area (Å²) in [4.78, 5) is 11.1. The lowest BCUT2D eigenvalue weighted by Crippen LogP contribution is -2.33. The van der Waals surface area contributed by atoms with Crippen molar-refractivity contribution in [3.05, 3.63) is 35.4 Å². The molecule has 1 aromatic rings. The number of amides is 1. The highest BCUT2D eigenvalue weighted by atomic mass is 16.1. The van der Waals surface area contributed by atoms with Crippen molar-refractivity contribution >= 4 is 5.91 Å². The minimum atomic E-state index is 0.126. The van der Waals surface area contributed by atoms with Crippen molar-refractivity contribution in [2.45, 2.75) is 19.4 Å². The summed E-state index contributed by atoms with van der Waals surface area (Å²) in [6, 6.07) is 8.24. The molecule has 0 unspecified atom stereocenters. The number of carbonyl (C=O) groups is 1. The van der Waals surface area contributed by atoms with E-state index in [1.807, 2.05) is 25.1 Å². The van der Waals surface area contributed by atoms with E-state index in [9.17, 15) is 4.79 Å². The second-order valence-electron chi connectivity index (χ2n) is 3.16. The number of hydrogen-bond acceptors (Lipinski definition) is 1. The first kappa shape index (κ1) is 7.35. The molecule has 62 valence electrons. The second kappa shape index (κ2) is 2.63. The van der Waals surface area contributed by atoms with Crippen LogP contribution in [0, 0.1) is 0 Å². The number of nitrogens with one attached hydrogen (secondary N) is 1. The summed E-state index contributed by atoms with van der Waals surface area (Å²) in [6.45, 7) is 2.01. The molecule has 0 aromatic heterocycles. The molecule has 1 heterocycles. The molecule has 0 radical (unpaired) electrons. The predicted molar refractivity (Wildman–Crippen MR) is 46.7 cm³/mol. The lowest BCUT2D eigenvalue weighted by molar-refractivity contribution is -0.121. The van der Waals surface area contributed by atoms with Gasteiger partial charge in [0.05, 0.1) is 12.5 Å². The van der Waals surface area contributed by atoms with Gasteiger partial charge in [0, 0.05) is 0 Å². The van der Waals surface area contributed by atoms with E-state index in [0.29, 0.717) is 6.42 Å². The third-order valence-corrected chi connectivity index (χ3v) is 2.25. The van der Waals surface area contributed by atoms with Crippen LogP contribution >= 0.6 is 0 Å². The van der Waals surface area contributed by atoms with E-state index in [1.54, 1.807) is 0 Å². The van der Waals surface area contributed by atoms with Gasteiger partial charge in [-0.15, -0.1) is 0 Å². The third kappa shape index (κ3) is 1.09. The highest BCUT2D eigenvalue weighted by Crippen LogP contribution is 2.21. The summed E-state index contributed by atoms with van der Waals surface area (Å²) in [5.41, 5.74) is 2.41. The van der Waals surface area contributed by atoms with Crippen LogP contribution in [0.25, 0.3) is 0 Å². The summed E-state index contributed by atoms with van der Waals surface area (Å²) in [7, 11) is 0. The lowest BCUT2D eigenvalue weighted by Gasteiger charge is -2.22. The van der Waals surface area contributed by atoms with Crippen LogP contribution in [0.1, 0.15) is 24.1 Å². The van der Waals surface area contributed by atoms with E-state index < -0.39 is 0 Å². The molecule has 0 saturated carbocycles. The van der Waals surface area contributed by atoms with Gasteiger partial charge in [-0.25, -0.2) is 0 Å². The van der Waals surface area contributed by atoms with Crippen LogP contribution in [0.2, 0.25) is 0 Å². The minimum Gasteiger partial charge on any atom is -0.349 e. The molecular weight excluding hydrogens is 150 g/mol. The monoisotopic (exact) mass is 161 g/mol. The largest absolute Gasteiger partial charge is 0.349 e. The molecule has 1 aliphatic heterocycles. The Kier molecular flexibility index (Phi) is 1.61. The van der Waals surface area contributed by atoms with E-state index >= 15 is 0 Å². The van der Waals surface area contributed by atoms with Gasteiger partial charge in [-0.2, -0.15) is 0 Å². The number of fused-ring (bicyclic) bond motifs is 1. The summed E-state index contributed by atoms with van der Waals surface area (Å²) >= 11 is 0. The van der Waals surface area contributed by atoms with Crippen LogP contribution in [0.15, 0.2) is 24.3 Å². The molecular formula is C10H11NO. The normalized spacial score (nSPS) is 21.4. The standard InChI is InChI=1S/C10H11NO/c1-7-9-5-3-2-4-8(9)6-10(12)11-7/h2-5,7H,6H2,1H3,(H,11,12)/t7-/m1/s1. The van der Waals surface area contributed by atoms with Gasteiger partial charge in [0.15, 0.2) is 0 Å². The molecule has 0 saturated heterocycles. The van der Waals surface area contributed by atoms with Crippen molar-refractivity contribution in [3.8, 4) is 0 Å². The Morgan fingerprint density at radius 1 is 1.42 bits per heavy atom. The fourth-order valence-corrected chi connectivity index (χ4v) is 1.66. The Hall–Kier alpha value is -1.31. The maximum atomic E-state index is 11.1. The maximum absolute atomic E-state index is 11.1. The fourth-order valence-electron chi connectivity index (χ4n) is 1.66. The zero-order valence-electron chi connectivity index (χ0n) is 7.00. The van der Waals surface area contributed by atoms with Crippen molar-refractivity contribution in [3.63, 3.8) is 0 Å². The van der Waals surface area contributed by atoms with Crippen LogP contribution < -0.4 is 5.32 Å². The molecule has 0 aliphatic carbocycles. The lowest BCUT2D eigenvalue weighted by atomic mass is 9.95. The first-order valence-corrected chi connectivity index (χ1v) is 4.14. The van der Waals surface area contributed by atoms with Gasteiger partial charge in [0.1, 0.15) is 0 Å². The number of rotatable bonds is 0. The van der Waals surface area contributed by atoms with Crippen molar-refractivity contribution in [1.29, 1.82) is 0 Å². The van der Waals surface area contributed by atoms with Crippen LogP contribution in [0.5, 0.6) is 0 Å². The van der Waals surface area contributed by atoms with Crippen molar-refractivity contribution in [2.75, 3.05) is 0 Å². The first-order chi connectivity index (χ1) is 5.77. The summed E-state index contributed by atoms with van der Waals surface area (Å²) in [5, 5.41) is 2.90. The number of carbonyl (C=O) groups excluding carboxylic acids is 1. The molecule has 0 fully saturated rings. The minimum absolute atomic E-state index is 0.126. The van der Waals surface area contributed by atoms with Crippen LogP contribution in [-0.4, -0.2) is 5.91 Å². The average Bonchev–Trinajstić information content (AvgIpc) is 2.04. The zero-order valence-corrected chi connectivity index (χ0v) is 7.00. The molecule has 1 aliphatic rings. The van der Waals surface area contributed by atoms with Gasteiger partial charge in [-0.05, 0) is 18.1 Å². The molecule has 1 amide bonds. The fraction of sp³-hybridized carbons (Fsp3) is 0.300. The van der Waals surface area contributed by atoms with Crippen molar-refractivity contribution < 1.29 is 4.79 Å². The highest BCUT2D eigenvalue weighted by Gasteiger charge is 2.19. The topological polar surface area (TPSA) is 29.1 Å². The SMILES string of the molecule is C[C@H]1NC(=O)Cc2ccccc21. The molecule has 0 spiro atoms. The Morgan fingerprint density at radius 3 is 3.00 bits per heavy atom. The molecule has 2 rings (SSSR count). The highest BCUT2D eigenvalue weighted by molar-refractivity contribution is 5.81. The molecule has 2 heteroatoms. The Morgan fingerprint density at radius 2 is 2.17 bits per heavy atom. The zero-order chi connectivity index (χ0) is 8.55. The smallest absolute Gasteiger partial charge is 0.224 e. The van der Waals surface area contributed by atoms with Gasteiger partial charge in [0.2, 0.25) is 5.91 Å². The van der Waals surface area contributed by atoms with E-state index in [0.717, 1.165) is 5.56 Å². The van der Waals surface area contributed by atoms with Crippen LogP contribution in [-0.2, 0) is 11.2 Å². The van der Waals surface area contributed by atoms with Gasteiger partial charge in [0.25, 0.3) is 0 Å². The Labute approximate surface area is 71.6 Å². The van der Waals surface area contributed by atoms with Gasteiger partial charge >= 0.3 is 0 Å². The van der Waals surface area contributed by atoms with Gasteiger partial charge in [-0.1, -0.05) is 24.3 Å². The predicted octanol–water partition coefficient (Wildman–Crippen LogP) is 1.42. The van der Waals surface area contributed by atoms with Crippen molar-refractivity contribution in [2.24, 2.45) is 0 Å². The third-order valence-electron chi connectivity index (χ3n) is 2.25. The van der Waals surface area contributed by atoms with Crippen LogP contribution in [0.3, 0.4) is 0 Å². The maximum Gasteiger partial charge on any atom is 0.224 e. The molecule has 2 nitrogen and oxygen atoms in total. The number of benzene rings is 1. The molecule has 1 N–H and O–H groups in total. The first-order valence-electron chi connectivity index (χ1n) is 4.14. The van der Waals surface area contributed by atoms with E-state index in [1.165, 1.54) is 5.56 Å². The number of hydrogen-bond donors (Lipinski definition) is 1. The Bertz CT molecular complexity index is 319. The van der Waals surface area contributed by atoms with E-state index in [2.05, 4.69) is 11.4 Å². The van der Waals surface area contributed by atoms with Crippen LogP contribution in [0.4, 0.5) is 0 Å². The quantitative estimate of drug-likeness (QED) is 0.612. The van der Waals surface area contributed by atoms with E-state index in [-0.39, 0.29) is 11.9 Å². The molecule has 1 aromatic carbocycles. The van der Waals surface area contributed by atoms with E-state index in [4.69, 9.17) is 0 Å². The molecule has 0 bridgehead atoms. The molecule has 1 atom stereocenters. The second-order valence-corrected chi connectivity index (χ2v) is 3.16. The van der Waals surface area contributed by atoms with Gasteiger partial charge < -0.3 is 5.32 Å².